The highest BCUT2D eigenvalue weighted by molar-refractivity contribution is 6.40. The molecule has 0 aliphatic rings. The number of rotatable bonds is 5. The molecule has 0 saturated carbocycles. The number of benzene rings is 8. The van der Waals surface area contributed by atoms with Gasteiger partial charge in [-0.1, -0.05) is 24.3 Å². The minimum Gasteiger partial charge on any atom is -0.205 e. The van der Waals surface area contributed by atoms with Crippen molar-refractivity contribution in [1.29, 1.82) is 42.1 Å². The van der Waals surface area contributed by atoms with Crippen LogP contribution in [0.2, 0.25) is 0 Å². The molecule has 386 valence electrons. The summed E-state index contributed by atoms with van der Waals surface area (Å²) in [6, 6.07) is 18.5. The van der Waals surface area contributed by atoms with Gasteiger partial charge in [0.2, 0.25) is 0 Å². The lowest BCUT2D eigenvalue weighted by molar-refractivity contribution is 0.440. The highest BCUT2D eigenvalue weighted by atomic mass is 19.2. The van der Waals surface area contributed by atoms with Gasteiger partial charge in [0, 0.05) is 65.2 Å². The molecular formula is C58H9F15N8. The first kappa shape index (κ1) is 52.8. The second kappa shape index (κ2) is 18.8. The van der Waals surface area contributed by atoms with E-state index in [-0.39, 0.29) is 11.1 Å². The molecule has 0 aliphatic carbocycles. The zero-order valence-electron chi connectivity index (χ0n) is 38.9. The lowest BCUT2D eigenvalue weighted by Gasteiger charge is -2.19. The van der Waals surface area contributed by atoms with Crippen molar-refractivity contribution in [3.05, 3.63) is 203 Å². The summed E-state index contributed by atoms with van der Waals surface area (Å²) in [6.45, 7) is 0. The number of nitriles is 8. The molecule has 0 aromatic heterocycles. The summed E-state index contributed by atoms with van der Waals surface area (Å²) in [6.07, 6.45) is 0. The molecule has 8 nitrogen and oxygen atoms in total. The molecule has 10 aromatic rings. The summed E-state index contributed by atoms with van der Waals surface area (Å²) >= 11 is 0. The van der Waals surface area contributed by atoms with Gasteiger partial charge in [0.1, 0.15) is 58.7 Å². The van der Waals surface area contributed by atoms with Crippen molar-refractivity contribution in [3.63, 3.8) is 0 Å². The van der Waals surface area contributed by atoms with Gasteiger partial charge in [-0.05, 0) is 46.8 Å². The van der Waals surface area contributed by atoms with Crippen molar-refractivity contribution in [3.8, 4) is 81.9 Å². The molecule has 10 rings (SSSR count). The summed E-state index contributed by atoms with van der Waals surface area (Å²) < 4.78 is 249. The van der Waals surface area contributed by atoms with Crippen LogP contribution in [0.25, 0.3) is 82.0 Å². The predicted octanol–water partition coefficient (Wildman–Crippen LogP) is 13.8. The summed E-state index contributed by atoms with van der Waals surface area (Å²) in [4.78, 5) is 0. The molecule has 0 amide bonds. The van der Waals surface area contributed by atoms with Gasteiger partial charge in [-0.15, -0.1) is 0 Å². The molecule has 0 radical (unpaired) electrons. The fraction of sp³-hybridized carbons (Fsp3) is 0. The largest absolute Gasteiger partial charge is 0.205 e. The highest BCUT2D eigenvalue weighted by Gasteiger charge is 2.40. The number of halogens is 15. The van der Waals surface area contributed by atoms with Crippen LogP contribution in [-0.2, 0) is 0 Å². The van der Waals surface area contributed by atoms with Gasteiger partial charge < -0.3 is 0 Å². The van der Waals surface area contributed by atoms with E-state index in [1.807, 2.05) is 0 Å². The Hall–Kier alpha value is -11.6. The third-order valence-electron chi connectivity index (χ3n) is 13.5. The maximum atomic E-state index is 17.8. The molecular weight excluding hydrogens is 1090 g/mol. The molecule has 0 aliphatic heterocycles. The van der Waals surface area contributed by atoms with Gasteiger partial charge in [-0.25, -0.2) is 65.9 Å². The van der Waals surface area contributed by atoms with E-state index in [0.29, 0.717) is 6.07 Å². The van der Waals surface area contributed by atoms with E-state index < -0.39 is 219 Å². The van der Waals surface area contributed by atoms with Crippen LogP contribution in [0, 0.1) is 178 Å². The van der Waals surface area contributed by atoms with Gasteiger partial charge >= 0.3 is 0 Å². The fourth-order valence-electron chi connectivity index (χ4n) is 10.2. The number of hydrogen-bond acceptors (Lipinski definition) is 8. The van der Waals surface area contributed by atoms with Crippen molar-refractivity contribution < 1.29 is 65.9 Å². The summed E-state index contributed by atoms with van der Waals surface area (Å²) in [5.41, 5.74) is -23.8. The van der Waals surface area contributed by atoms with E-state index >= 15 is 65.9 Å². The lowest BCUT2D eigenvalue weighted by atomic mass is 9.84. The number of fused-ring (bicyclic) bond motifs is 4. The first-order valence-electron chi connectivity index (χ1n) is 22.1. The Morgan fingerprint density at radius 1 is 0.259 bits per heavy atom. The van der Waals surface area contributed by atoms with Gasteiger partial charge in [-0.2, -0.15) is 42.1 Å². The van der Waals surface area contributed by atoms with Crippen LogP contribution in [0.4, 0.5) is 65.9 Å². The van der Waals surface area contributed by atoms with E-state index in [2.05, 4.69) is 0 Å². The van der Waals surface area contributed by atoms with E-state index in [1.165, 1.54) is 0 Å². The van der Waals surface area contributed by atoms with Crippen molar-refractivity contribution in [1.82, 2.24) is 0 Å². The smallest absolute Gasteiger partial charge is 0.180 e. The Labute approximate surface area is 440 Å². The molecule has 0 spiro atoms. The van der Waals surface area contributed by atoms with Crippen LogP contribution in [0.3, 0.4) is 0 Å². The molecule has 0 bridgehead atoms. The maximum Gasteiger partial charge on any atom is 0.180 e. The molecule has 10 aromatic carbocycles. The Morgan fingerprint density at radius 3 is 1.02 bits per heavy atom. The molecule has 0 unspecified atom stereocenters. The highest BCUT2D eigenvalue weighted by Crippen LogP contribution is 2.56. The maximum absolute atomic E-state index is 17.8. The second-order valence-corrected chi connectivity index (χ2v) is 17.2. The number of nitrogens with zero attached hydrogens (tertiary/aromatic N) is 8. The van der Waals surface area contributed by atoms with Gasteiger partial charge in [0.25, 0.3) is 0 Å². The van der Waals surface area contributed by atoms with E-state index in [4.69, 9.17) is 0 Å². The van der Waals surface area contributed by atoms with E-state index in [9.17, 15) is 42.1 Å². The topological polar surface area (TPSA) is 190 Å². The average molecular weight is 1100 g/mol. The van der Waals surface area contributed by atoms with Crippen molar-refractivity contribution in [2.45, 2.75) is 0 Å². The second-order valence-electron chi connectivity index (χ2n) is 17.2. The van der Waals surface area contributed by atoms with Crippen LogP contribution in [0.5, 0.6) is 0 Å². The fourth-order valence-corrected chi connectivity index (χ4v) is 10.2. The zero-order valence-corrected chi connectivity index (χ0v) is 38.9. The molecule has 0 N–H and O–H groups in total. The van der Waals surface area contributed by atoms with Crippen LogP contribution in [0.1, 0.15) is 55.6 Å². The first-order valence-corrected chi connectivity index (χ1v) is 22.1. The van der Waals surface area contributed by atoms with Crippen LogP contribution < -0.4 is 5.22 Å². The predicted molar refractivity (Wildman–Crippen MR) is 251 cm³/mol. The van der Waals surface area contributed by atoms with Crippen molar-refractivity contribution in [2.75, 3.05) is 0 Å². The van der Waals surface area contributed by atoms with Crippen molar-refractivity contribution in [2.24, 2.45) is 0 Å². The van der Waals surface area contributed by atoms with E-state index in [1.54, 1.807) is 24.3 Å². The van der Waals surface area contributed by atoms with Crippen LogP contribution in [0.15, 0.2) is 54.6 Å². The van der Waals surface area contributed by atoms with Gasteiger partial charge in [0.15, 0.2) is 87.3 Å². The Morgan fingerprint density at radius 2 is 0.630 bits per heavy atom. The standard InChI is InChI=1S/C58H9F15N8/c59-44-26(14-78)45(60)52(67)40-38(43-57(72)50(65)29(17-81)51(66)58(43)73)35-30(20-5-1-18(10-74)2-6-20)24(12-76)22-9-23-32(36(33(22)35)39(40)44)25(13-77)31(21-7-3-19(11-75)4-8-21)34(23)37(41-53(68)46(61)27(15-79)47(62)54(41)69)42-55(70)48(63)28(16-80)49(64)56(42)71/h1-9H. The lowest BCUT2D eigenvalue weighted by Crippen LogP contribution is -2.19. The number of hydrogen-bond donors (Lipinski definition) is 0. The third-order valence-corrected chi connectivity index (χ3v) is 13.5. The average Bonchev–Trinajstić information content (AvgIpc) is 1.77. The quantitative estimate of drug-likeness (QED) is 0.0923. The summed E-state index contributed by atoms with van der Waals surface area (Å²) in [5, 5.41) is 69.5. The zero-order chi connectivity index (χ0) is 58.7. The summed E-state index contributed by atoms with van der Waals surface area (Å²) in [7, 11) is 0. The third kappa shape index (κ3) is 6.94. The SMILES string of the molecule is N#Cc1ccc(-c2c(C#N)c3c(cc4c(C#N)c(-c5ccc(C#N)cc5)c5c(-c6c(F)c(F)c(C#N)c(F)c6F)c6c(F)c(F)c(C#N)c(F)c6c3c45)c2=C(c2c(F)c(F)c(C#N)c(F)c2F)c2c(F)c(F)c(C#N)c(F)c2F)cc1. The monoisotopic (exact) mass is 1100 g/mol. The molecule has 0 saturated heterocycles. The van der Waals surface area contributed by atoms with Gasteiger partial charge in [-0.3, -0.25) is 0 Å². The Bertz CT molecular complexity index is 4910. The van der Waals surface area contributed by atoms with E-state index in [0.717, 1.165) is 72.8 Å². The van der Waals surface area contributed by atoms with Crippen molar-refractivity contribution >= 4 is 48.7 Å². The minimum atomic E-state index is -2.78. The summed E-state index contributed by atoms with van der Waals surface area (Å²) in [5.74, 6) is -39.1. The minimum absolute atomic E-state index is 0.157. The van der Waals surface area contributed by atoms with Gasteiger partial charge in [0.05, 0.1) is 51.1 Å². The first-order chi connectivity index (χ1) is 38.7. The van der Waals surface area contributed by atoms with Crippen LogP contribution >= 0.6 is 0 Å². The molecule has 23 heteroatoms. The van der Waals surface area contributed by atoms with Crippen LogP contribution in [-0.4, -0.2) is 0 Å². The molecule has 81 heavy (non-hydrogen) atoms. The molecule has 0 atom stereocenters. The molecule has 0 fully saturated rings. The normalized spacial score (nSPS) is 11.0. The molecule has 0 heterocycles. The Kier molecular flexibility index (Phi) is 12.3. The Balaban J connectivity index is 1.71.